The number of thiophene rings is 1. The monoisotopic (exact) mass is 387 g/mol. The van der Waals surface area contributed by atoms with Gasteiger partial charge < -0.3 is 11.1 Å². The zero-order chi connectivity index (χ0) is 19.7. The summed E-state index contributed by atoms with van der Waals surface area (Å²) in [6.07, 6.45) is 0. The van der Waals surface area contributed by atoms with Crippen molar-refractivity contribution in [2.24, 2.45) is 5.73 Å². The number of amides is 2. The number of pyridine rings is 1. The van der Waals surface area contributed by atoms with Crippen molar-refractivity contribution in [1.82, 2.24) is 4.98 Å². The molecule has 28 heavy (non-hydrogen) atoms. The van der Waals surface area contributed by atoms with E-state index in [0.29, 0.717) is 11.3 Å². The fourth-order valence-corrected chi connectivity index (χ4v) is 3.89. The molecule has 0 radical (unpaired) electrons. The lowest BCUT2D eigenvalue weighted by molar-refractivity contribution is 0.100. The van der Waals surface area contributed by atoms with Crippen LogP contribution in [-0.2, 0) is 0 Å². The maximum Gasteiger partial charge on any atom is 0.256 e. The van der Waals surface area contributed by atoms with Crippen LogP contribution in [0.3, 0.4) is 0 Å². The van der Waals surface area contributed by atoms with E-state index in [1.165, 1.54) is 4.88 Å². The number of fused-ring (bicyclic) bond motifs is 1. The summed E-state index contributed by atoms with van der Waals surface area (Å²) in [5.74, 6) is -0.910. The third kappa shape index (κ3) is 3.37. The lowest BCUT2D eigenvalue weighted by Gasteiger charge is -2.12. The first-order valence-electron chi connectivity index (χ1n) is 8.70. The average molecular weight is 387 g/mol. The summed E-state index contributed by atoms with van der Waals surface area (Å²) in [7, 11) is 0. The molecule has 3 N–H and O–H groups in total. The van der Waals surface area contributed by atoms with Crippen LogP contribution in [0.4, 0.5) is 5.69 Å². The number of benzene rings is 2. The number of anilines is 1. The molecule has 0 bridgehead atoms. The number of nitrogens with two attached hydrogens (primary N) is 1. The molecule has 2 aromatic carbocycles. The number of rotatable bonds is 4. The Morgan fingerprint density at radius 1 is 0.964 bits per heavy atom. The summed E-state index contributed by atoms with van der Waals surface area (Å²) in [5, 5.41) is 3.56. The van der Waals surface area contributed by atoms with Crippen molar-refractivity contribution in [3.63, 3.8) is 0 Å². The van der Waals surface area contributed by atoms with E-state index >= 15 is 0 Å². The van der Waals surface area contributed by atoms with Crippen LogP contribution in [0.1, 0.15) is 25.6 Å². The van der Waals surface area contributed by atoms with Gasteiger partial charge in [0.1, 0.15) is 0 Å². The number of nitrogens with one attached hydrogen (secondary N) is 1. The number of para-hydroxylation sites is 2. The first-order chi connectivity index (χ1) is 13.5. The smallest absolute Gasteiger partial charge is 0.256 e. The fourth-order valence-electron chi connectivity index (χ4n) is 3.06. The van der Waals surface area contributed by atoms with Crippen LogP contribution in [0, 0.1) is 6.92 Å². The van der Waals surface area contributed by atoms with E-state index in [9.17, 15) is 9.59 Å². The quantitative estimate of drug-likeness (QED) is 0.536. The van der Waals surface area contributed by atoms with Crippen LogP contribution in [0.5, 0.6) is 0 Å². The summed E-state index contributed by atoms with van der Waals surface area (Å²) in [4.78, 5) is 31.6. The van der Waals surface area contributed by atoms with Gasteiger partial charge in [-0.3, -0.25) is 9.59 Å². The number of carbonyl (C=O) groups excluding carboxylic acids is 2. The Morgan fingerprint density at radius 2 is 1.71 bits per heavy atom. The molecule has 6 heteroatoms. The average Bonchev–Trinajstić information content (AvgIpc) is 3.13. The molecule has 138 valence electrons. The molecular weight excluding hydrogens is 370 g/mol. The summed E-state index contributed by atoms with van der Waals surface area (Å²) in [5.41, 5.74) is 8.04. The second-order valence-corrected chi connectivity index (χ2v) is 7.63. The van der Waals surface area contributed by atoms with Gasteiger partial charge in [-0.05, 0) is 43.3 Å². The van der Waals surface area contributed by atoms with E-state index in [1.807, 2.05) is 43.3 Å². The third-order valence-corrected chi connectivity index (χ3v) is 5.42. The summed E-state index contributed by atoms with van der Waals surface area (Å²) in [6.45, 7) is 2.03. The first-order valence-corrected chi connectivity index (χ1v) is 9.51. The van der Waals surface area contributed by atoms with E-state index in [1.54, 1.807) is 41.7 Å². The van der Waals surface area contributed by atoms with Crippen molar-refractivity contribution in [1.29, 1.82) is 0 Å². The predicted molar refractivity (Wildman–Crippen MR) is 113 cm³/mol. The van der Waals surface area contributed by atoms with Crippen molar-refractivity contribution in [2.45, 2.75) is 6.92 Å². The first kappa shape index (κ1) is 17.9. The maximum absolute atomic E-state index is 13.1. The van der Waals surface area contributed by atoms with Gasteiger partial charge in [-0.25, -0.2) is 4.98 Å². The molecule has 4 rings (SSSR count). The van der Waals surface area contributed by atoms with Gasteiger partial charge in [0.25, 0.3) is 11.8 Å². The molecule has 0 unspecified atom stereocenters. The molecule has 0 atom stereocenters. The molecule has 0 saturated heterocycles. The van der Waals surface area contributed by atoms with Gasteiger partial charge in [-0.2, -0.15) is 0 Å². The number of aromatic nitrogens is 1. The van der Waals surface area contributed by atoms with Crippen molar-refractivity contribution < 1.29 is 9.59 Å². The van der Waals surface area contributed by atoms with Gasteiger partial charge in [-0.1, -0.05) is 30.3 Å². The Morgan fingerprint density at radius 3 is 2.46 bits per heavy atom. The van der Waals surface area contributed by atoms with Crippen molar-refractivity contribution in [2.75, 3.05) is 5.32 Å². The highest BCUT2D eigenvalue weighted by Gasteiger charge is 2.17. The molecule has 0 fully saturated rings. The largest absolute Gasteiger partial charge is 0.366 e. The lowest BCUT2D eigenvalue weighted by Crippen LogP contribution is -2.18. The second-order valence-electron chi connectivity index (χ2n) is 6.35. The normalized spacial score (nSPS) is 10.8. The van der Waals surface area contributed by atoms with Crippen LogP contribution in [0.2, 0.25) is 0 Å². The number of hydrogen-bond donors (Lipinski definition) is 2. The van der Waals surface area contributed by atoms with Crippen molar-refractivity contribution in [3.8, 4) is 10.6 Å². The van der Waals surface area contributed by atoms with Crippen LogP contribution < -0.4 is 11.1 Å². The van der Waals surface area contributed by atoms with E-state index in [2.05, 4.69) is 5.32 Å². The number of hydrogen-bond acceptors (Lipinski definition) is 4. The Labute approximate surface area is 165 Å². The number of nitrogens with zero attached hydrogens (tertiary/aromatic N) is 1. The summed E-state index contributed by atoms with van der Waals surface area (Å²) >= 11 is 1.62. The molecule has 0 aliphatic heterocycles. The molecule has 4 aromatic rings. The topological polar surface area (TPSA) is 85.1 Å². The minimum atomic E-state index is -0.592. The molecule has 2 aromatic heterocycles. The van der Waals surface area contributed by atoms with Crippen LogP contribution >= 0.6 is 11.3 Å². The molecule has 5 nitrogen and oxygen atoms in total. The van der Waals surface area contributed by atoms with Gasteiger partial charge in [-0.15, -0.1) is 11.3 Å². The highest BCUT2D eigenvalue weighted by Crippen LogP contribution is 2.30. The molecule has 0 aliphatic rings. The van der Waals surface area contributed by atoms with Crippen molar-refractivity contribution in [3.05, 3.63) is 82.7 Å². The number of primary amides is 1. The fraction of sp³-hybridized carbons (Fsp3) is 0.0455. The van der Waals surface area contributed by atoms with Gasteiger partial charge >= 0.3 is 0 Å². The Hall–Kier alpha value is -3.51. The summed E-state index contributed by atoms with van der Waals surface area (Å²) in [6, 6.07) is 20.0. The van der Waals surface area contributed by atoms with E-state index in [-0.39, 0.29) is 11.5 Å². The second kappa shape index (κ2) is 7.25. The molecule has 0 saturated carbocycles. The molecular formula is C22H17N3O2S. The zero-order valence-electron chi connectivity index (χ0n) is 15.1. The highest BCUT2D eigenvalue weighted by molar-refractivity contribution is 7.15. The Kier molecular flexibility index (Phi) is 4.63. The lowest BCUT2D eigenvalue weighted by atomic mass is 10.1. The van der Waals surface area contributed by atoms with E-state index < -0.39 is 5.91 Å². The zero-order valence-corrected chi connectivity index (χ0v) is 15.9. The summed E-state index contributed by atoms with van der Waals surface area (Å²) < 4.78 is 0. The Balaban J connectivity index is 1.81. The van der Waals surface area contributed by atoms with Crippen LogP contribution in [0.15, 0.2) is 66.7 Å². The minimum absolute atomic E-state index is 0.267. The van der Waals surface area contributed by atoms with Crippen LogP contribution in [-0.4, -0.2) is 16.8 Å². The standard InChI is InChI=1S/C22H17N3O2S/c1-13-10-11-20(28-13)19-12-16(14-6-2-4-8-17(14)24-19)22(27)25-18-9-5-3-7-15(18)21(23)26/h2-12H,1H3,(H2,23,26)(H,25,27). The molecule has 0 aliphatic carbocycles. The third-order valence-electron chi connectivity index (χ3n) is 4.39. The maximum atomic E-state index is 13.1. The van der Waals surface area contributed by atoms with Gasteiger partial charge in [0.05, 0.1) is 32.9 Å². The molecule has 2 heterocycles. The molecule has 2 amide bonds. The van der Waals surface area contributed by atoms with Gasteiger partial charge in [0.2, 0.25) is 0 Å². The SMILES string of the molecule is Cc1ccc(-c2cc(C(=O)Nc3ccccc3C(N)=O)c3ccccc3n2)s1. The number of carbonyl (C=O) groups is 2. The highest BCUT2D eigenvalue weighted by atomic mass is 32.1. The predicted octanol–water partition coefficient (Wildman–Crippen LogP) is 4.62. The Bertz CT molecular complexity index is 1210. The van der Waals surface area contributed by atoms with Gasteiger partial charge in [0.15, 0.2) is 0 Å². The van der Waals surface area contributed by atoms with E-state index in [0.717, 1.165) is 21.5 Å². The van der Waals surface area contributed by atoms with E-state index in [4.69, 9.17) is 10.7 Å². The number of aryl methyl sites for hydroxylation is 1. The van der Waals surface area contributed by atoms with Crippen molar-refractivity contribution >= 4 is 39.7 Å². The van der Waals surface area contributed by atoms with Gasteiger partial charge in [0, 0.05) is 10.3 Å². The molecule has 0 spiro atoms. The van der Waals surface area contributed by atoms with Crippen LogP contribution in [0.25, 0.3) is 21.5 Å². The minimum Gasteiger partial charge on any atom is -0.366 e.